The van der Waals surface area contributed by atoms with Crippen LogP contribution in [0.15, 0.2) is 24.3 Å². The molecular formula is C16H18ClF3N2O4. The van der Waals surface area contributed by atoms with Crippen LogP contribution in [0, 0.1) is 0 Å². The van der Waals surface area contributed by atoms with E-state index in [0.29, 0.717) is 17.3 Å². The molecule has 1 saturated heterocycles. The highest BCUT2D eigenvalue weighted by Gasteiger charge is 2.43. The van der Waals surface area contributed by atoms with Crippen molar-refractivity contribution in [1.82, 2.24) is 9.80 Å². The fraction of sp³-hybridized carbons (Fsp3) is 0.500. The number of nitrogens with zero attached hydrogens (tertiary/aromatic N) is 2. The molecule has 0 aliphatic carbocycles. The Hall–Kier alpha value is -2.00. The Bertz CT molecular complexity index is 634. The molecule has 1 aromatic carbocycles. The van der Waals surface area contributed by atoms with Gasteiger partial charge in [0, 0.05) is 32.7 Å². The number of esters is 1. The molecule has 144 valence electrons. The predicted octanol–water partition coefficient (Wildman–Crippen LogP) is 1.97. The van der Waals surface area contributed by atoms with Crippen molar-refractivity contribution in [3.05, 3.63) is 29.3 Å². The molecule has 0 saturated carbocycles. The fourth-order valence-electron chi connectivity index (χ4n) is 2.38. The summed E-state index contributed by atoms with van der Waals surface area (Å²) in [5.41, 5.74) is 0. The number of halogens is 4. The van der Waals surface area contributed by atoms with E-state index < -0.39 is 18.1 Å². The molecule has 10 heteroatoms. The number of hydrogen-bond donors (Lipinski definition) is 0. The van der Waals surface area contributed by atoms with E-state index in [9.17, 15) is 22.8 Å². The average Bonchev–Trinajstić information content (AvgIpc) is 2.60. The van der Waals surface area contributed by atoms with Gasteiger partial charge in [-0.2, -0.15) is 13.2 Å². The van der Waals surface area contributed by atoms with Gasteiger partial charge < -0.3 is 14.4 Å². The van der Waals surface area contributed by atoms with Gasteiger partial charge in [0.1, 0.15) is 12.4 Å². The van der Waals surface area contributed by atoms with Crippen LogP contribution in [0.5, 0.6) is 5.75 Å². The van der Waals surface area contributed by atoms with Crippen molar-refractivity contribution in [3.8, 4) is 5.75 Å². The third-order valence-electron chi connectivity index (χ3n) is 3.75. The summed E-state index contributed by atoms with van der Waals surface area (Å²) < 4.78 is 47.3. The molecule has 1 aromatic rings. The van der Waals surface area contributed by atoms with Crippen LogP contribution in [0.4, 0.5) is 13.2 Å². The Labute approximate surface area is 153 Å². The summed E-state index contributed by atoms with van der Waals surface area (Å²) in [7, 11) is 0. The molecule has 1 amide bonds. The van der Waals surface area contributed by atoms with E-state index in [4.69, 9.17) is 21.1 Å². The smallest absolute Gasteiger partial charge is 0.471 e. The highest BCUT2D eigenvalue weighted by atomic mass is 35.5. The maximum atomic E-state index is 12.4. The van der Waals surface area contributed by atoms with Crippen LogP contribution in [0.2, 0.25) is 5.02 Å². The van der Waals surface area contributed by atoms with Gasteiger partial charge in [-0.1, -0.05) is 23.7 Å². The number of carbonyl (C=O) groups is 2. The fourth-order valence-corrected chi connectivity index (χ4v) is 2.57. The molecule has 0 N–H and O–H groups in total. The zero-order chi connectivity index (χ0) is 19.2. The first-order chi connectivity index (χ1) is 12.3. The molecule has 0 aromatic heterocycles. The number of hydrogen-bond acceptors (Lipinski definition) is 5. The van der Waals surface area contributed by atoms with Crippen molar-refractivity contribution in [3.63, 3.8) is 0 Å². The molecule has 6 nitrogen and oxygen atoms in total. The molecule has 2 rings (SSSR count). The van der Waals surface area contributed by atoms with Crippen LogP contribution in [0.3, 0.4) is 0 Å². The lowest BCUT2D eigenvalue weighted by Crippen LogP contribution is -2.52. The summed E-state index contributed by atoms with van der Waals surface area (Å²) in [6.07, 6.45) is -4.85. The maximum absolute atomic E-state index is 12.4. The minimum Gasteiger partial charge on any atom is -0.480 e. The first-order valence-corrected chi connectivity index (χ1v) is 8.26. The van der Waals surface area contributed by atoms with Crippen molar-refractivity contribution in [1.29, 1.82) is 0 Å². The average molecular weight is 395 g/mol. The van der Waals surface area contributed by atoms with Crippen molar-refractivity contribution in [2.24, 2.45) is 0 Å². The van der Waals surface area contributed by atoms with Gasteiger partial charge in [-0.15, -0.1) is 0 Å². The second-order valence-electron chi connectivity index (χ2n) is 5.57. The number of para-hydroxylation sites is 1. The molecule has 26 heavy (non-hydrogen) atoms. The molecule has 0 spiro atoms. The van der Waals surface area contributed by atoms with Crippen LogP contribution in [-0.4, -0.2) is 73.8 Å². The van der Waals surface area contributed by atoms with Gasteiger partial charge in [0.25, 0.3) is 0 Å². The standard InChI is InChI=1S/C16H18ClF3N2O4/c17-12-3-1-2-4-13(12)26-11-14(23)25-10-9-21-5-7-22(8-6-21)15(24)16(18,19)20/h1-4H,5-11H2. The van der Waals surface area contributed by atoms with Crippen molar-refractivity contribution < 1.29 is 32.2 Å². The lowest BCUT2D eigenvalue weighted by Gasteiger charge is -2.34. The number of ether oxygens (including phenoxy) is 2. The second kappa shape index (κ2) is 9.09. The molecule has 0 unspecified atom stereocenters. The SMILES string of the molecule is O=C(COc1ccccc1Cl)OCCN1CCN(C(=O)C(F)(F)F)CC1. The Balaban J connectivity index is 1.62. The van der Waals surface area contributed by atoms with E-state index >= 15 is 0 Å². The summed E-state index contributed by atoms with van der Waals surface area (Å²) in [5, 5.41) is 0.381. The van der Waals surface area contributed by atoms with E-state index in [1.54, 1.807) is 24.3 Å². The minimum absolute atomic E-state index is 0.0120. The van der Waals surface area contributed by atoms with Crippen LogP contribution in [0.1, 0.15) is 0 Å². The van der Waals surface area contributed by atoms with Gasteiger partial charge in [0.15, 0.2) is 6.61 Å². The highest BCUT2D eigenvalue weighted by Crippen LogP contribution is 2.23. The Morgan fingerprint density at radius 1 is 1.12 bits per heavy atom. The largest absolute Gasteiger partial charge is 0.480 e. The van der Waals surface area contributed by atoms with Gasteiger partial charge in [-0.25, -0.2) is 4.79 Å². The number of rotatable bonds is 6. The van der Waals surface area contributed by atoms with Crippen LogP contribution in [0.25, 0.3) is 0 Å². The summed E-state index contributed by atoms with van der Waals surface area (Å²) in [6.45, 7) is 0.705. The lowest BCUT2D eigenvalue weighted by atomic mass is 10.3. The van der Waals surface area contributed by atoms with Crippen molar-refractivity contribution in [2.45, 2.75) is 6.18 Å². The summed E-state index contributed by atoms with van der Waals surface area (Å²) in [6, 6.07) is 6.70. The minimum atomic E-state index is -4.85. The van der Waals surface area contributed by atoms with Crippen molar-refractivity contribution >= 4 is 23.5 Å². The third kappa shape index (κ3) is 6.06. The molecule has 1 aliphatic rings. The molecule has 1 aliphatic heterocycles. The number of alkyl halides is 3. The molecule has 1 heterocycles. The Kier molecular flexibility index (Phi) is 7.10. The molecule has 0 atom stereocenters. The lowest BCUT2D eigenvalue weighted by molar-refractivity contribution is -0.187. The van der Waals surface area contributed by atoms with E-state index in [1.807, 2.05) is 4.90 Å². The van der Waals surface area contributed by atoms with Crippen LogP contribution >= 0.6 is 11.6 Å². The van der Waals surface area contributed by atoms with Gasteiger partial charge in [-0.05, 0) is 12.1 Å². The third-order valence-corrected chi connectivity index (χ3v) is 4.07. The Morgan fingerprint density at radius 3 is 2.38 bits per heavy atom. The van der Waals surface area contributed by atoms with Gasteiger partial charge in [0.05, 0.1) is 5.02 Å². The van der Waals surface area contributed by atoms with Crippen LogP contribution in [-0.2, 0) is 14.3 Å². The van der Waals surface area contributed by atoms with Crippen LogP contribution < -0.4 is 4.74 Å². The predicted molar refractivity (Wildman–Crippen MR) is 87.0 cm³/mol. The zero-order valence-electron chi connectivity index (χ0n) is 13.8. The maximum Gasteiger partial charge on any atom is 0.471 e. The molecular weight excluding hydrogens is 377 g/mol. The number of benzene rings is 1. The van der Waals surface area contributed by atoms with E-state index in [1.165, 1.54) is 0 Å². The topological polar surface area (TPSA) is 59.1 Å². The second-order valence-corrected chi connectivity index (χ2v) is 5.98. The molecule has 0 radical (unpaired) electrons. The Morgan fingerprint density at radius 2 is 1.77 bits per heavy atom. The first-order valence-electron chi connectivity index (χ1n) is 7.89. The molecule has 0 bridgehead atoms. The highest BCUT2D eigenvalue weighted by molar-refractivity contribution is 6.32. The van der Waals surface area contributed by atoms with Crippen molar-refractivity contribution in [2.75, 3.05) is 45.9 Å². The number of amides is 1. The number of carbonyl (C=O) groups excluding carboxylic acids is 2. The van der Waals surface area contributed by atoms with Gasteiger partial charge >= 0.3 is 18.1 Å². The quantitative estimate of drug-likeness (QED) is 0.690. The van der Waals surface area contributed by atoms with Gasteiger partial charge in [-0.3, -0.25) is 9.69 Å². The zero-order valence-corrected chi connectivity index (χ0v) is 14.6. The normalized spacial score (nSPS) is 15.6. The van der Waals surface area contributed by atoms with E-state index in [-0.39, 0.29) is 39.4 Å². The molecule has 1 fully saturated rings. The summed E-state index contributed by atoms with van der Waals surface area (Å²) >= 11 is 5.89. The van der Waals surface area contributed by atoms with E-state index in [0.717, 1.165) is 4.90 Å². The monoisotopic (exact) mass is 394 g/mol. The number of piperazine rings is 1. The first kappa shape index (κ1) is 20.3. The summed E-state index contributed by atoms with van der Waals surface area (Å²) in [4.78, 5) is 25.4. The van der Waals surface area contributed by atoms with E-state index in [2.05, 4.69) is 0 Å². The van der Waals surface area contributed by atoms with Gasteiger partial charge in [0.2, 0.25) is 0 Å². The summed E-state index contributed by atoms with van der Waals surface area (Å²) in [5.74, 6) is -2.02.